The van der Waals surface area contributed by atoms with Crippen molar-refractivity contribution in [3.05, 3.63) is 64.0 Å². The van der Waals surface area contributed by atoms with E-state index >= 15 is 0 Å². The highest BCUT2D eigenvalue weighted by Crippen LogP contribution is 2.35. The average molecular weight is 430 g/mol. The monoisotopic (exact) mass is 429 g/mol. The van der Waals surface area contributed by atoms with Crippen LogP contribution in [0.25, 0.3) is 10.1 Å². The lowest BCUT2D eigenvalue weighted by atomic mass is 10.2. The molecule has 29 heavy (non-hydrogen) atoms. The molecule has 0 spiro atoms. The summed E-state index contributed by atoms with van der Waals surface area (Å²) in [4.78, 5) is 27.3. The lowest BCUT2D eigenvalue weighted by molar-refractivity contribution is -0.135. The summed E-state index contributed by atoms with van der Waals surface area (Å²) in [6.45, 7) is 0.185. The first-order valence-electron chi connectivity index (χ1n) is 9.33. The number of ether oxygens (including phenoxy) is 2. The van der Waals surface area contributed by atoms with Gasteiger partial charge in [-0.2, -0.15) is 0 Å². The second kappa shape index (κ2) is 8.43. The van der Waals surface area contributed by atoms with E-state index in [4.69, 9.17) is 21.1 Å². The number of halogens is 1. The third kappa shape index (κ3) is 4.38. The molecule has 1 heterocycles. The number of thiophene rings is 1. The van der Waals surface area contributed by atoms with Crippen molar-refractivity contribution in [1.29, 1.82) is 0 Å². The lowest BCUT2D eigenvalue weighted by Crippen LogP contribution is -2.36. The van der Waals surface area contributed by atoms with E-state index in [1.165, 1.54) is 11.3 Å². The first kappa shape index (κ1) is 19.7. The van der Waals surface area contributed by atoms with Gasteiger partial charge in [-0.1, -0.05) is 41.9 Å². The van der Waals surface area contributed by atoms with Crippen LogP contribution in [0.4, 0.5) is 0 Å². The topological polar surface area (TPSA) is 55.8 Å². The molecule has 0 unspecified atom stereocenters. The van der Waals surface area contributed by atoms with Crippen molar-refractivity contribution in [3.63, 3.8) is 0 Å². The second-order valence-electron chi connectivity index (χ2n) is 6.92. The van der Waals surface area contributed by atoms with Gasteiger partial charge in [0.2, 0.25) is 0 Å². The largest absolute Gasteiger partial charge is 0.497 e. The Labute approximate surface area is 177 Å². The molecule has 1 aromatic heterocycles. The van der Waals surface area contributed by atoms with Gasteiger partial charge in [-0.3, -0.25) is 4.79 Å². The number of nitrogens with zero attached hydrogens (tertiary/aromatic N) is 1. The molecule has 1 fully saturated rings. The first-order chi connectivity index (χ1) is 14.1. The summed E-state index contributed by atoms with van der Waals surface area (Å²) in [7, 11) is 1.62. The van der Waals surface area contributed by atoms with Gasteiger partial charge in [0.15, 0.2) is 6.61 Å². The van der Waals surface area contributed by atoms with Crippen LogP contribution in [0.2, 0.25) is 5.02 Å². The molecule has 3 aromatic rings. The summed E-state index contributed by atoms with van der Waals surface area (Å²) in [6.07, 6.45) is 1.94. The number of benzene rings is 2. The molecule has 5 nitrogen and oxygen atoms in total. The molecule has 0 atom stereocenters. The summed E-state index contributed by atoms with van der Waals surface area (Å²) in [6, 6.07) is 15.3. The zero-order valence-electron chi connectivity index (χ0n) is 15.9. The molecule has 7 heteroatoms. The van der Waals surface area contributed by atoms with Gasteiger partial charge in [-0.25, -0.2) is 4.79 Å². The van der Waals surface area contributed by atoms with E-state index < -0.39 is 5.97 Å². The maximum absolute atomic E-state index is 12.7. The van der Waals surface area contributed by atoms with Gasteiger partial charge >= 0.3 is 5.97 Å². The highest BCUT2D eigenvalue weighted by Gasteiger charge is 2.33. The number of esters is 1. The summed E-state index contributed by atoms with van der Waals surface area (Å²) < 4.78 is 11.4. The van der Waals surface area contributed by atoms with Crippen molar-refractivity contribution in [2.24, 2.45) is 0 Å². The number of fused-ring (bicyclic) bond motifs is 1. The molecule has 150 valence electrons. The van der Waals surface area contributed by atoms with Crippen molar-refractivity contribution in [1.82, 2.24) is 4.90 Å². The number of hydrogen-bond acceptors (Lipinski definition) is 5. The third-order valence-corrected chi connectivity index (χ3v) is 6.52. The van der Waals surface area contributed by atoms with Gasteiger partial charge in [0.25, 0.3) is 5.91 Å². The van der Waals surface area contributed by atoms with E-state index in [1.807, 2.05) is 48.5 Å². The van der Waals surface area contributed by atoms with E-state index in [0.29, 0.717) is 16.4 Å². The molecule has 0 N–H and O–H groups in total. The highest BCUT2D eigenvalue weighted by atomic mass is 35.5. The molecule has 0 aliphatic heterocycles. The molecule has 0 bridgehead atoms. The van der Waals surface area contributed by atoms with Crippen LogP contribution in [-0.2, 0) is 16.1 Å². The van der Waals surface area contributed by atoms with Crippen LogP contribution in [0.1, 0.15) is 28.1 Å². The summed E-state index contributed by atoms with van der Waals surface area (Å²) in [5, 5.41) is 1.19. The van der Waals surface area contributed by atoms with Crippen LogP contribution in [0.15, 0.2) is 48.5 Å². The minimum absolute atomic E-state index is 0.200. The Hall–Kier alpha value is -2.57. The second-order valence-corrected chi connectivity index (χ2v) is 8.35. The van der Waals surface area contributed by atoms with Gasteiger partial charge in [0.05, 0.1) is 12.1 Å². The Kier molecular flexibility index (Phi) is 5.74. The van der Waals surface area contributed by atoms with E-state index in [2.05, 4.69) is 0 Å². The zero-order valence-corrected chi connectivity index (χ0v) is 17.5. The van der Waals surface area contributed by atoms with Gasteiger partial charge < -0.3 is 14.4 Å². The highest BCUT2D eigenvalue weighted by molar-refractivity contribution is 7.21. The minimum atomic E-state index is -0.565. The standard InChI is InChI=1S/C22H20ClNO4S/c1-27-16-10-6-14(7-11-16)12-24(15-8-9-15)19(25)13-28-22(26)21-20(23)17-4-2-3-5-18(17)29-21/h2-7,10-11,15H,8-9,12-13H2,1H3. The van der Waals surface area contributed by atoms with Crippen LogP contribution in [-0.4, -0.2) is 36.5 Å². The number of hydrogen-bond donors (Lipinski definition) is 0. The quantitative estimate of drug-likeness (QED) is 0.500. The summed E-state index contributed by atoms with van der Waals surface area (Å²) in [5.41, 5.74) is 1.00. The van der Waals surface area contributed by atoms with Gasteiger partial charge in [-0.05, 0) is 36.6 Å². The molecular weight excluding hydrogens is 410 g/mol. The maximum atomic E-state index is 12.7. The van der Waals surface area contributed by atoms with E-state index in [0.717, 1.165) is 34.2 Å². The summed E-state index contributed by atoms with van der Waals surface area (Å²) in [5.74, 6) is 0.00541. The van der Waals surface area contributed by atoms with Gasteiger partial charge in [0, 0.05) is 22.7 Å². The Morgan fingerprint density at radius 2 is 1.86 bits per heavy atom. The number of rotatable bonds is 7. The molecule has 4 rings (SSSR count). The van der Waals surface area contributed by atoms with E-state index in [-0.39, 0.29) is 18.6 Å². The molecule has 2 aromatic carbocycles. The van der Waals surface area contributed by atoms with Crippen LogP contribution in [0.5, 0.6) is 5.75 Å². The minimum Gasteiger partial charge on any atom is -0.497 e. The number of carbonyl (C=O) groups excluding carboxylic acids is 2. The van der Waals surface area contributed by atoms with Crippen LogP contribution >= 0.6 is 22.9 Å². The van der Waals surface area contributed by atoms with Crippen LogP contribution in [0.3, 0.4) is 0 Å². The van der Waals surface area contributed by atoms with E-state index in [9.17, 15) is 9.59 Å². The van der Waals surface area contributed by atoms with Crippen molar-refractivity contribution in [2.45, 2.75) is 25.4 Å². The Morgan fingerprint density at radius 1 is 1.14 bits per heavy atom. The molecule has 1 aliphatic carbocycles. The first-order valence-corrected chi connectivity index (χ1v) is 10.5. The van der Waals surface area contributed by atoms with Crippen LogP contribution < -0.4 is 4.74 Å². The van der Waals surface area contributed by atoms with Crippen molar-refractivity contribution in [2.75, 3.05) is 13.7 Å². The Morgan fingerprint density at radius 3 is 2.52 bits per heavy atom. The number of amides is 1. The van der Waals surface area contributed by atoms with Crippen molar-refractivity contribution >= 4 is 44.9 Å². The fraction of sp³-hybridized carbons (Fsp3) is 0.273. The van der Waals surface area contributed by atoms with Crippen molar-refractivity contribution in [3.8, 4) is 5.75 Å². The van der Waals surface area contributed by atoms with Crippen molar-refractivity contribution < 1.29 is 19.1 Å². The number of methoxy groups -OCH3 is 1. The fourth-order valence-corrected chi connectivity index (χ4v) is 4.56. The molecule has 1 amide bonds. The smallest absolute Gasteiger partial charge is 0.350 e. The molecular formula is C22H20ClNO4S. The van der Waals surface area contributed by atoms with Gasteiger partial charge in [-0.15, -0.1) is 11.3 Å². The molecule has 0 radical (unpaired) electrons. The average Bonchev–Trinajstić information content (AvgIpc) is 3.54. The molecule has 1 aliphatic rings. The predicted octanol–water partition coefficient (Wildman–Crippen LogP) is 4.91. The Bertz CT molecular complexity index is 1040. The van der Waals surface area contributed by atoms with E-state index in [1.54, 1.807) is 12.0 Å². The SMILES string of the molecule is COc1ccc(CN(C(=O)COC(=O)c2sc3ccccc3c2Cl)C2CC2)cc1. The molecule has 0 saturated heterocycles. The fourth-order valence-electron chi connectivity index (χ4n) is 3.16. The maximum Gasteiger partial charge on any atom is 0.350 e. The normalized spacial score (nSPS) is 13.3. The predicted molar refractivity (Wildman–Crippen MR) is 114 cm³/mol. The number of carbonyl (C=O) groups is 2. The van der Waals surface area contributed by atoms with Gasteiger partial charge in [0.1, 0.15) is 10.6 Å². The van der Waals surface area contributed by atoms with Crippen LogP contribution in [0, 0.1) is 0 Å². The Balaban J connectivity index is 1.41. The molecule has 1 saturated carbocycles. The zero-order chi connectivity index (χ0) is 20.4. The summed E-state index contributed by atoms with van der Waals surface area (Å²) >= 11 is 7.60. The lowest BCUT2D eigenvalue weighted by Gasteiger charge is -2.22. The third-order valence-electron chi connectivity index (χ3n) is 4.87.